The summed E-state index contributed by atoms with van der Waals surface area (Å²) in [6.45, 7) is 1.95. The molecule has 1 aromatic carbocycles. The van der Waals surface area contributed by atoms with Gasteiger partial charge in [-0.2, -0.15) is 5.10 Å². The van der Waals surface area contributed by atoms with Crippen LogP contribution in [0.15, 0.2) is 24.4 Å². The molecule has 1 aliphatic rings. The van der Waals surface area contributed by atoms with Crippen LogP contribution < -0.4 is 5.32 Å². The normalized spacial score (nSPS) is 14.7. The van der Waals surface area contributed by atoms with Crippen LogP contribution in [0.5, 0.6) is 0 Å². The molecule has 2 heterocycles. The predicted octanol–water partition coefficient (Wildman–Crippen LogP) is 1.46. The van der Waals surface area contributed by atoms with Gasteiger partial charge in [0.1, 0.15) is 0 Å². The van der Waals surface area contributed by atoms with Crippen LogP contribution >= 0.6 is 0 Å². The zero-order valence-corrected chi connectivity index (χ0v) is 6.62. The minimum absolute atomic E-state index is 0.973. The Morgan fingerprint density at radius 3 is 3.42 bits per heavy atom. The lowest BCUT2D eigenvalue weighted by atomic mass is 10.2. The molecule has 0 fully saturated rings. The summed E-state index contributed by atoms with van der Waals surface area (Å²) in [5, 5.41) is 8.88. The number of nitrogens with one attached hydrogen (secondary N) is 1. The maximum atomic E-state index is 4.30. The fourth-order valence-electron chi connectivity index (χ4n) is 1.75. The van der Waals surface area contributed by atoms with Crippen LogP contribution in [0.1, 0.15) is 0 Å². The average Bonchev–Trinajstić information content (AvgIpc) is 2.52. The van der Waals surface area contributed by atoms with Gasteiger partial charge in [-0.3, -0.25) is 4.68 Å². The van der Waals surface area contributed by atoms with Gasteiger partial charge >= 0.3 is 0 Å². The highest BCUT2D eigenvalue weighted by Gasteiger charge is 2.10. The summed E-state index contributed by atoms with van der Waals surface area (Å²) < 4.78 is 2.06. The Labute approximate surface area is 70.0 Å². The van der Waals surface area contributed by atoms with Crippen molar-refractivity contribution in [2.24, 2.45) is 0 Å². The second-order valence-electron chi connectivity index (χ2n) is 3.04. The highest BCUT2D eigenvalue weighted by atomic mass is 15.3. The first-order valence-corrected chi connectivity index (χ1v) is 4.13. The van der Waals surface area contributed by atoms with Crippen molar-refractivity contribution in [2.75, 3.05) is 11.9 Å². The molecule has 3 nitrogen and oxygen atoms in total. The number of nitrogens with zero attached hydrogens (tertiary/aromatic N) is 2. The maximum absolute atomic E-state index is 4.30. The molecule has 0 saturated carbocycles. The Morgan fingerprint density at radius 2 is 2.42 bits per heavy atom. The molecule has 12 heavy (non-hydrogen) atoms. The van der Waals surface area contributed by atoms with Crippen LogP contribution in [0, 0.1) is 0 Å². The van der Waals surface area contributed by atoms with E-state index >= 15 is 0 Å². The summed E-state index contributed by atoms with van der Waals surface area (Å²) in [7, 11) is 0. The molecule has 1 aromatic heterocycles. The Balaban J connectivity index is 2.50. The summed E-state index contributed by atoms with van der Waals surface area (Å²) in [5.41, 5.74) is 2.44. The second-order valence-corrected chi connectivity index (χ2v) is 3.04. The average molecular weight is 159 g/mol. The van der Waals surface area contributed by atoms with Crippen molar-refractivity contribution in [3.8, 4) is 0 Å². The third-order valence-electron chi connectivity index (χ3n) is 2.30. The van der Waals surface area contributed by atoms with Crippen LogP contribution in [-0.2, 0) is 6.54 Å². The Bertz CT molecular complexity index is 430. The third-order valence-corrected chi connectivity index (χ3v) is 2.30. The van der Waals surface area contributed by atoms with Gasteiger partial charge in [-0.15, -0.1) is 0 Å². The molecule has 3 heteroatoms. The fourth-order valence-corrected chi connectivity index (χ4v) is 1.75. The monoisotopic (exact) mass is 159 g/mol. The molecule has 0 saturated heterocycles. The summed E-state index contributed by atoms with van der Waals surface area (Å²) in [5.74, 6) is 0. The Kier molecular flexibility index (Phi) is 1.01. The SMILES string of the molecule is c1cc2c3c(c1)cnn3CCN2. The summed E-state index contributed by atoms with van der Waals surface area (Å²) in [4.78, 5) is 0. The first kappa shape index (κ1) is 6.06. The van der Waals surface area contributed by atoms with E-state index in [9.17, 15) is 0 Å². The molecular weight excluding hydrogens is 150 g/mol. The smallest absolute Gasteiger partial charge is 0.0914 e. The number of para-hydroxylation sites is 1. The van der Waals surface area contributed by atoms with Crippen LogP contribution in [-0.4, -0.2) is 16.3 Å². The number of benzene rings is 1. The third kappa shape index (κ3) is 0.630. The minimum Gasteiger partial charge on any atom is -0.381 e. The number of aromatic nitrogens is 2. The van der Waals surface area contributed by atoms with E-state index in [0.29, 0.717) is 0 Å². The summed E-state index contributed by atoms with van der Waals surface area (Å²) in [6.07, 6.45) is 1.92. The van der Waals surface area contributed by atoms with Crippen LogP contribution in [0.3, 0.4) is 0 Å². The van der Waals surface area contributed by atoms with E-state index in [2.05, 4.69) is 33.3 Å². The highest BCUT2D eigenvalue weighted by Crippen LogP contribution is 2.25. The molecule has 0 aliphatic carbocycles. The van der Waals surface area contributed by atoms with Gasteiger partial charge in [0.2, 0.25) is 0 Å². The molecule has 2 aromatic rings. The van der Waals surface area contributed by atoms with Crippen molar-refractivity contribution >= 4 is 16.6 Å². The lowest BCUT2D eigenvalue weighted by molar-refractivity contribution is 0.648. The van der Waals surface area contributed by atoms with Crippen molar-refractivity contribution < 1.29 is 0 Å². The van der Waals surface area contributed by atoms with Gasteiger partial charge in [0.15, 0.2) is 0 Å². The predicted molar refractivity (Wildman–Crippen MR) is 48.2 cm³/mol. The standard InChI is InChI=1S/C9H9N3/c1-2-7-6-11-12-5-4-10-8(3-1)9(7)12/h1-3,6,10H,4-5H2. The molecule has 3 rings (SSSR count). The van der Waals surface area contributed by atoms with Crippen molar-refractivity contribution in [1.82, 2.24) is 9.78 Å². The molecular formula is C9H9N3. The van der Waals surface area contributed by atoms with E-state index in [1.165, 1.54) is 16.6 Å². The summed E-state index contributed by atoms with van der Waals surface area (Å²) >= 11 is 0. The van der Waals surface area contributed by atoms with E-state index in [1.54, 1.807) is 0 Å². The van der Waals surface area contributed by atoms with Crippen molar-refractivity contribution in [2.45, 2.75) is 6.54 Å². The molecule has 0 radical (unpaired) electrons. The van der Waals surface area contributed by atoms with Gasteiger partial charge in [0.05, 0.1) is 23.9 Å². The zero-order valence-electron chi connectivity index (χ0n) is 6.62. The van der Waals surface area contributed by atoms with Gasteiger partial charge in [-0.25, -0.2) is 0 Å². The quantitative estimate of drug-likeness (QED) is 0.630. The van der Waals surface area contributed by atoms with Crippen LogP contribution in [0.2, 0.25) is 0 Å². The molecule has 1 N–H and O–H groups in total. The van der Waals surface area contributed by atoms with Crippen molar-refractivity contribution in [3.05, 3.63) is 24.4 Å². The highest BCUT2D eigenvalue weighted by molar-refractivity contribution is 5.91. The number of rotatable bonds is 0. The molecule has 0 spiro atoms. The van der Waals surface area contributed by atoms with Gasteiger partial charge in [-0.05, 0) is 6.07 Å². The van der Waals surface area contributed by atoms with Gasteiger partial charge in [-0.1, -0.05) is 12.1 Å². The Hall–Kier alpha value is -1.51. The van der Waals surface area contributed by atoms with Crippen LogP contribution in [0.25, 0.3) is 10.9 Å². The van der Waals surface area contributed by atoms with E-state index in [4.69, 9.17) is 0 Å². The minimum atomic E-state index is 0.973. The second kappa shape index (κ2) is 2.00. The molecule has 1 aliphatic heterocycles. The topological polar surface area (TPSA) is 29.9 Å². The molecule has 60 valence electrons. The molecule has 0 unspecified atom stereocenters. The lowest BCUT2D eigenvalue weighted by Crippen LogP contribution is -2.17. The van der Waals surface area contributed by atoms with Gasteiger partial charge in [0.25, 0.3) is 0 Å². The molecule has 0 amide bonds. The first-order valence-electron chi connectivity index (χ1n) is 4.13. The first-order chi connectivity index (χ1) is 5.95. The molecule has 0 atom stereocenters. The van der Waals surface area contributed by atoms with Gasteiger partial charge in [0, 0.05) is 11.9 Å². The van der Waals surface area contributed by atoms with E-state index in [1.807, 2.05) is 6.20 Å². The number of hydrogen-bond donors (Lipinski definition) is 1. The fraction of sp³-hybridized carbons (Fsp3) is 0.222. The van der Waals surface area contributed by atoms with E-state index in [-0.39, 0.29) is 0 Å². The van der Waals surface area contributed by atoms with E-state index < -0.39 is 0 Å². The van der Waals surface area contributed by atoms with Crippen LogP contribution in [0.4, 0.5) is 5.69 Å². The number of hydrogen-bond acceptors (Lipinski definition) is 2. The maximum Gasteiger partial charge on any atom is 0.0914 e. The lowest BCUT2D eigenvalue weighted by Gasteiger charge is -2.15. The summed E-state index contributed by atoms with van der Waals surface area (Å²) in [6, 6.07) is 6.25. The van der Waals surface area contributed by atoms with Crippen molar-refractivity contribution in [3.63, 3.8) is 0 Å². The Morgan fingerprint density at radius 1 is 1.42 bits per heavy atom. The largest absolute Gasteiger partial charge is 0.381 e. The number of anilines is 1. The molecule has 0 bridgehead atoms. The zero-order chi connectivity index (χ0) is 7.97. The van der Waals surface area contributed by atoms with E-state index in [0.717, 1.165) is 13.1 Å². The van der Waals surface area contributed by atoms with Crippen molar-refractivity contribution in [1.29, 1.82) is 0 Å². The van der Waals surface area contributed by atoms with Gasteiger partial charge < -0.3 is 5.32 Å².